The lowest BCUT2D eigenvalue weighted by Crippen LogP contribution is -2.44. The van der Waals surface area contributed by atoms with Crippen LogP contribution in [0.3, 0.4) is 0 Å². The Bertz CT molecular complexity index is 1220. The Balaban J connectivity index is 1.81. The summed E-state index contributed by atoms with van der Waals surface area (Å²) in [5.74, 6) is -0.0209. The number of carbonyl (C=O) groups excluding carboxylic acids is 2. The molecule has 2 aromatic carbocycles. The SMILES string of the molecule is COCCCN(CC(=O)N(CCc1c[nH]c2ccccc12)Cc1ccc(C(C)(C)C)cc1)C(=O)CC(C)(C)C. The van der Waals surface area contributed by atoms with Crippen LogP contribution in [-0.4, -0.2) is 59.9 Å². The quantitative estimate of drug-likeness (QED) is 0.276. The first-order chi connectivity index (χ1) is 18.4. The van der Waals surface area contributed by atoms with E-state index in [-0.39, 0.29) is 29.2 Å². The summed E-state index contributed by atoms with van der Waals surface area (Å²) < 4.78 is 5.22. The number of hydrogen-bond donors (Lipinski definition) is 1. The van der Waals surface area contributed by atoms with Crippen molar-refractivity contribution in [2.24, 2.45) is 5.41 Å². The van der Waals surface area contributed by atoms with Crippen molar-refractivity contribution in [3.8, 4) is 0 Å². The number of aromatic amines is 1. The average molecular weight is 534 g/mol. The first-order valence-electron chi connectivity index (χ1n) is 14.1. The zero-order valence-corrected chi connectivity index (χ0v) is 25.0. The molecule has 0 saturated heterocycles. The molecular formula is C33H47N3O3. The van der Waals surface area contributed by atoms with E-state index in [0.717, 1.165) is 17.5 Å². The molecule has 0 aliphatic heterocycles. The number of aromatic nitrogens is 1. The van der Waals surface area contributed by atoms with Gasteiger partial charge in [0, 0.05) is 56.9 Å². The molecule has 39 heavy (non-hydrogen) atoms. The van der Waals surface area contributed by atoms with Gasteiger partial charge in [0.15, 0.2) is 0 Å². The highest BCUT2D eigenvalue weighted by atomic mass is 16.5. The van der Waals surface area contributed by atoms with Crippen LogP contribution in [0.15, 0.2) is 54.7 Å². The molecule has 3 aromatic rings. The molecule has 0 saturated carbocycles. The largest absolute Gasteiger partial charge is 0.385 e. The number of fused-ring (bicyclic) bond motifs is 1. The fourth-order valence-electron chi connectivity index (χ4n) is 4.74. The second-order valence-corrected chi connectivity index (χ2v) is 12.8. The van der Waals surface area contributed by atoms with Gasteiger partial charge in [-0.3, -0.25) is 9.59 Å². The first-order valence-corrected chi connectivity index (χ1v) is 14.1. The van der Waals surface area contributed by atoms with E-state index in [1.807, 2.05) is 23.2 Å². The molecule has 0 aliphatic carbocycles. The average Bonchev–Trinajstić information content (AvgIpc) is 3.27. The van der Waals surface area contributed by atoms with E-state index in [1.165, 1.54) is 16.5 Å². The molecule has 0 aliphatic rings. The van der Waals surface area contributed by atoms with Gasteiger partial charge in [-0.15, -0.1) is 0 Å². The first kappa shape index (κ1) is 30.4. The van der Waals surface area contributed by atoms with Crippen molar-refractivity contribution in [3.63, 3.8) is 0 Å². The summed E-state index contributed by atoms with van der Waals surface area (Å²) in [6.07, 6.45) is 3.87. The molecule has 0 unspecified atom stereocenters. The van der Waals surface area contributed by atoms with Gasteiger partial charge in [-0.1, -0.05) is 84.0 Å². The number of para-hydroxylation sites is 1. The lowest BCUT2D eigenvalue weighted by atomic mass is 9.87. The Labute approximate surface area is 234 Å². The monoisotopic (exact) mass is 533 g/mol. The number of nitrogens with one attached hydrogen (secondary N) is 1. The molecule has 3 rings (SSSR count). The maximum absolute atomic E-state index is 13.8. The maximum atomic E-state index is 13.8. The summed E-state index contributed by atoms with van der Waals surface area (Å²) in [5.41, 5.74) is 4.55. The van der Waals surface area contributed by atoms with E-state index in [9.17, 15) is 9.59 Å². The van der Waals surface area contributed by atoms with E-state index in [0.29, 0.717) is 39.1 Å². The van der Waals surface area contributed by atoms with Crippen LogP contribution in [-0.2, 0) is 32.7 Å². The molecule has 0 atom stereocenters. The number of nitrogens with zero attached hydrogens (tertiary/aromatic N) is 2. The smallest absolute Gasteiger partial charge is 0.242 e. The Kier molecular flexibility index (Phi) is 10.4. The standard InChI is InChI=1S/C33H47N3O3/c1-32(2,3)21-30(37)35(18-10-20-39-7)24-31(38)36(23-25-13-15-27(16-14-25)33(4,5)6)19-17-26-22-34-29-12-9-8-11-28(26)29/h8-9,11-16,22,34H,10,17-21,23-24H2,1-7H3. The topological polar surface area (TPSA) is 65.6 Å². The van der Waals surface area contributed by atoms with E-state index in [4.69, 9.17) is 4.74 Å². The minimum absolute atomic E-state index is 0.0121. The van der Waals surface area contributed by atoms with Gasteiger partial charge in [-0.25, -0.2) is 0 Å². The summed E-state index contributed by atoms with van der Waals surface area (Å²) in [4.78, 5) is 34.0. The van der Waals surface area contributed by atoms with Crippen molar-refractivity contribution in [3.05, 3.63) is 71.4 Å². The highest BCUT2D eigenvalue weighted by molar-refractivity contribution is 5.85. The number of ether oxygens (including phenoxy) is 1. The summed E-state index contributed by atoms with van der Waals surface area (Å²) >= 11 is 0. The fourth-order valence-corrected chi connectivity index (χ4v) is 4.74. The van der Waals surface area contributed by atoms with Crippen LogP contribution in [0.4, 0.5) is 0 Å². The summed E-state index contributed by atoms with van der Waals surface area (Å²) in [7, 11) is 1.66. The summed E-state index contributed by atoms with van der Waals surface area (Å²) in [6, 6.07) is 16.8. The fraction of sp³-hybridized carbons (Fsp3) is 0.515. The second-order valence-electron chi connectivity index (χ2n) is 12.8. The van der Waals surface area contributed by atoms with Gasteiger partial charge in [-0.05, 0) is 46.4 Å². The van der Waals surface area contributed by atoms with Crippen LogP contribution in [0.2, 0.25) is 0 Å². The molecule has 0 fully saturated rings. The highest BCUT2D eigenvalue weighted by Crippen LogP contribution is 2.24. The lowest BCUT2D eigenvalue weighted by molar-refractivity contribution is -0.142. The number of amides is 2. The molecule has 2 amide bonds. The molecule has 6 nitrogen and oxygen atoms in total. The lowest BCUT2D eigenvalue weighted by Gasteiger charge is -2.30. The molecule has 0 radical (unpaired) electrons. The van der Waals surface area contributed by atoms with Crippen LogP contribution in [0, 0.1) is 5.41 Å². The number of benzene rings is 2. The summed E-state index contributed by atoms with van der Waals surface area (Å²) in [5, 5.41) is 1.18. The highest BCUT2D eigenvalue weighted by Gasteiger charge is 2.25. The van der Waals surface area contributed by atoms with Crippen LogP contribution >= 0.6 is 0 Å². The third kappa shape index (κ3) is 9.24. The number of H-pyrrole nitrogens is 1. The van der Waals surface area contributed by atoms with Gasteiger partial charge in [0.2, 0.25) is 11.8 Å². The number of carbonyl (C=O) groups is 2. The predicted molar refractivity (Wildman–Crippen MR) is 160 cm³/mol. The van der Waals surface area contributed by atoms with Crippen molar-refractivity contribution < 1.29 is 14.3 Å². The van der Waals surface area contributed by atoms with Crippen LogP contribution < -0.4 is 0 Å². The minimum atomic E-state index is -0.149. The Morgan fingerprint density at radius 1 is 0.872 bits per heavy atom. The molecule has 1 aromatic heterocycles. The van der Waals surface area contributed by atoms with Gasteiger partial charge < -0.3 is 19.5 Å². The van der Waals surface area contributed by atoms with Gasteiger partial charge >= 0.3 is 0 Å². The molecule has 0 spiro atoms. The Hall–Kier alpha value is -3.12. The van der Waals surface area contributed by atoms with Crippen LogP contribution in [0.5, 0.6) is 0 Å². The predicted octanol–water partition coefficient (Wildman–Crippen LogP) is 6.34. The van der Waals surface area contributed by atoms with Crippen LogP contribution in [0.25, 0.3) is 10.9 Å². The molecular weight excluding hydrogens is 486 g/mol. The molecule has 1 heterocycles. The maximum Gasteiger partial charge on any atom is 0.242 e. The third-order valence-electron chi connectivity index (χ3n) is 7.01. The molecule has 1 N–H and O–H groups in total. The van der Waals surface area contributed by atoms with E-state index in [1.54, 1.807) is 12.0 Å². The van der Waals surface area contributed by atoms with Crippen molar-refractivity contribution >= 4 is 22.7 Å². The normalized spacial score (nSPS) is 12.1. The Morgan fingerprint density at radius 3 is 2.21 bits per heavy atom. The van der Waals surface area contributed by atoms with Gasteiger partial charge in [0.1, 0.15) is 0 Å². The van der Waals surface area contributed by atoms with Gasteiger partial charge in [-0.2, -0.15) is 0 Å². The van der Waals surface area contributed by atoms with E-state index in [2.05, 4.69) is 82.9 Å². The van der Waals surface area contributed by atoms with E-state index >= 15 is 0 Å². The second kappa shape index (κ2) is 13.3. The van der Waals surface area contributed by atoms with Crippen LogP contribution in [0.1, 0.15) is 71.1 Å². The van der Waals surface area contributed by atoms with Crippen molar-refractivity contribution in [1.29, 1.82) is 0 Å². The van der Waals surface area contributed by atoms with Crippen molar-refractivity contribution in [2.75, 3.05) is 33.4 Å². The van der Waals surface area contributed by atoms with E-state index < -0.39 is 0 Å². The van der Waals surface area contributed by atoms with Crippen molar-refractivity contribution in [2.45, 2.75) is 72.8 Å². The summed E-state index contributed by atoms with van der Waals surface area (Å²) in [6.45, 7) is 15.0. The Morgan fingerprint density at radius 2 is 1.56 bits per heavy atom. The zero-order chi connectivity index (χ0) is 28.6. The number of hydrogen-bond acceptors (Lipinski definition) is 3. The number of methoxy groups -OCH3 is 1. The zero-order valence-electron chi connectivity index (χ0n) is 25.0. The van der Waals surface area contributed by atoms with Crippen molar-refractivity contribution in [1.82, 2.24) is 14.8 Å². The molecule has 212 valence electrons. The molecule has 0 bridgehead atoms. The minimum Gasteiger partial charge on any atom is -0.385 e. The third-order valence-corrected chi connectivity index (χ3v) is 7.01. The van der Waals surface area contributed by atoms with Gasteiger partial charge in [0.05, 0.1) is 6.54 Å². The number of rotatable bonds is 12. The van der Waals surface area contributed by atoms with Gasteiger partial charge in [0.25, 0.3) is 0 Å². The molecule has 6 heteroatoms.